The smallest absolute Gasteiger partial charge is 0.254 e. The summed E-state index contributed by atoms with van der Waals surface area (Å²) in [5.41, 5.74) is 4.59. The summed E-state index contributed by atoms with van der Waals surface area (Å²) in [6.07, 6.45) is 7.36. The number of carbonyl (C=O) groups is 1. The van der Waals surface area contributed by atoms with Gasteiger partial charge in [0.1, 0.15) is 0 Å². The van der Waals surface area contributed by atoms with Crippen LogP contribution in [0.4, 0.5) is 5.95 Å². The molecule has 0 saturated carbocycles. The molecule has 272 valence electrons. The molecule has 10 nitrogen and oxygen atoms in total. The first-order valence-corrected chi connectivity index (χ1v) is 18.4. The Kier molecular flexibility index (Phi) is 10.8. The minimum absolute atomic E-state index is 0.0805. The number of benzene rings is 3. The first kappa shape index (κ1) is 35.9. The Balaban J connectivity index is 1.04. The number of pyridine rings is 1. The molecule has 1 atom stereocenters. The van der Waals surface area contributed by atoms with E-state index in [4.69, 9.17) is 42.4 Å². The lowest BCUT2D eigenvalue weighted by atomic mass is 9.76. The van der Waals surface area contributed by atoms with Gasteiger partial charge >= 0.3 is 0 Å². The molecule has 4 heterocycles. The number of rotatable bonds is 12. The van der Waals surface area contributed by atoms with Gasteiger partial charge in [0, 0.05) is 55.6 Å². The van der Waals surface area contributed by atoms with E-state index in [1.807, 2.05) is 35.5 Å². The highest BCUT2D eigenvalue weighted by Gasteiger charge is 2.42. The van der Waals surface area contributed by atoms with Crippen molar-refractivity contribution in [2.24, 2.45) is 0 Å². The number of carbonyl (C=O) groups excluding carboxylic acids is 1. The maximum Gasteiger partial charge on any atom is 0.254 e. The van der Waals surface area contributed by atoms with Crippen molar-refractivity contribution in [3.63, 3.8) is 0 Å². The molecule has 2 saturated heterocycles. The number of halogens is 2. The van der Waals surface area contributed by atoms with Crippen LogP contribution in [0.3, 0.4) is 0 Å². The number of aromatic nitrogens is 3. The summed E-state index contributed by atoms with van der Waals surface area (Å²) < 4.78 is 18.8. The van der Waals surface area contributed by atoms with Crippen LogP contribution in [0.15, 0.2) is 79.1 Å². The summed E-state index contributed by atoms with van der Waals surface area (Å²) in [6.45, 7) is 4.73. The number of amides is 1. The van der Waals surface area contributed by atoms with Crippen molar-refractivity contribution in [2.45, 2.75) is 43.7 Å². The van der Waals surface area contributed by atoms with Crippen LogP contribution in [-0.2, 0) is 12.0 Å². The van der Waals surface area contributed by atoms with Crippen LogP contribution in [0.5, 0.6) is 17.2 Å². The lowest BCUT2D eigenvalue weighted by Gasteiger charge is -2.36. The Hall–Kier alpha value is -4.51. The topological polar surface area (TPSA) is 94.0 Å². The van der Waals surface area contributed by atoms with Gasteiger partial charge in [-0.15, -0.1) is 0 Å². The molecule has 0 aliphatic carbocycles. The van der Waals surface area contributed by atoms with Crippen molar-refractivity contribution >= 4 is 46.1 Å². The maximum absolute atomic E-state index is 14.0. The van der Waals surface area contributed by atoms with Gasteiger partial charge in [0.05, 0.1) is 49.0 Å². The molecule has 2 aliphatic heterocycles. The molecule has 1 unspecified atom stereocenters. The Bertz CT molecular complexity index is 2010. The van der Waals surface area contributed by atoms with E-state index < -0.39 is 0 Å². The van der Waals surface area contributed by atoms with Crippen LogP contribution in [-0.4, -0.2) is 90.3 Å². The van der Waals surface area contributed by atoms with Crippen LogP contribution in [0.2, 0.25) is 10.0 Å². The molecule has 7 rings (SSSR count). The zero-order valence-corrected chi connectivity index (χ0v) is 31.3. The van der Waals surface area contributed by atoms with Gasteiger partial charge in [-0.2, -0.15) is 0 Å². The fourth-order valence-corrected chi connectivity index (χ4v) is 8.01. The SMILES string of the molecule is COc1cc(C(=O)N2CCC(CCN3CCC(Nc4nc5ccccc5n4Cc4ccncc4)CC3)(c3ccc(Cl)c(Cl)c3)C2)cc(OC)c1OC. The van der Waals surface area contributed by atoms with E-state index in [0.717, 1.165) is 74.4 Å². The molecule has 3 aromatic carbocycles. The number of para-hydroxylation sites is 2. The highest BCUT2D eigenvalue weighted by Crippen LogP contribution is 2.43. The predicted molar refractivity (Wildman–Crippen MR) is 206 cm³/mol. The number of piperidine rings is 1. The van der Waals surface area contributed by atoms with Crippen LogP contribution in [0, 0.1) is 0 Å². The normalized spacial score (nSPS) is 18.1. The number of anilines is 1. The van der Waals surface area contributed by atoms with E-state index in [0.29, 0.717) is 52.0 Å². The van der Waals surface area contributed by atoms with Crippen molar-refractivity contribution in [3.8, 4) is 17.2 Å². The molecule has 1 N–H and O–H groups in total. The number of nitrogens with zero attached hydrogens (tertiary/aromatic N) is 5. The molecular weight excluding hydrogens is 699 g/mol. The average Bonchev–Trinajstić information content (AvgIpc) is 3.77. The molecule has 0 spiro atoms. The molecule has 5 aromatic rings. The third-order valence-corrected chi connectivity index (χ3v) is 11.4. The third-order valence-electron chi connectivity index (χ3n) is 10.7. The van der Waals surface area contributed by atoms with Crippen molar-refractivity contribution in [1.29, 1.82) is 0 Å². The number of hydrogen-bond donors (Lipinski definition) is 1. The zero-order valence-electron chi connectivity index (χ0n) is 29.8. The molecule has 0 radical (unpaired) electrons. The van der Waals surface area contributed by atoms with Crippen molar-refractivity contribution < 1.29 is 19.0 Å². The van der Waals surface area contributed by atoms with Gasteiger partial charge in [0.25, 0.3) is 5.91 Å². The van der Waals surface area contributed by atoms with Gasteiger partial charge in [0.15, 0.2) is 11.5 Å². The maximum atomic E-state index is 14.0. The summed E-state index contributed by atoms with van der Waals surface area (Å²) >= 11 is 12.9. The van der Waals surface area contributed by atoms with E-state index in [2.05, 4.69) is 56.2 Å². The first-order valence-electron chi connectivity index (χ1n) is 17.7. The molecule has 0 bridgehead atoms. The lowest BCUT2D eigenvalue weighted by Crippen LogP contribution is -2.42. The Morgan fingerprint density at radius 2 is 1.63 bits per heavy atom. The van der Waals surface area contributed by atoms with Gasteiger partial charge in [-0.05, 0) is 91.9 Å². The third kappa shape index (κ3) is 7.38. The fourth-order valence-electron chi connectivity index (χ4n) is 7.72. The lowest BCUT2D eigenvalue weighted by molar-refractivity contribution is 0.0779. The van der Waals surface area contributed by atoms with E-state index in [-0.39, 0.29) is 11.3 Å². The molecule has 2 aliphatic rings. The highest BCUT2D eigenvalue weighted by atomic mass is 35.5. The second-order valence-electron chi connectivity index (χ2n) is 13.7. The number of nitrogens with one attached hydrogen (secondary N) is 1. The van der Waals surface area contributed by atoms with E-state index in [9.17, 15) is 4.79 Å². The number of imidazole rings is 1. The number of ether oxygens (including phenoxy) is 3. The van der Waals surface area contributed by atoms with Gasteiger partial charge in [-0.1, -0.05) is 41.4 Å². The second-order valence-corrected chi connectivity index (χ2v) is 14.5. The number of fused-ring (bicyclic) bond motifs is 1. The van der Waals surface area contributed by atoms with Gasteiger partial charge < -0.3 is 33.9 Å². The van der Waals surface area contributed by atoms with E-state index in [1.165, 1.54) is 5.56 Å². The minimum Gasteiger partial charge on any atom is -0.493 e. The average molecular weight is 744 g/mol. The summed E-state index contributed by atoms with van der Waals surface area (Å²) in [7, 11) is 4.65. The van der Waals surface area contributed by atoms with E-state index in [1.54, 1.807) is 33.5 Å². The fraction of sp³-hybridized carbons (Fsp3) is 0.375. The quantitative estimate of drug-likeness (QED) is 0.140. The molecule has 12 heteroatoms. The summed E-state index contributed by atoms with van der Waals surface area (Å²) in [5, 5.41) is 4.84. The Morgan fingerprint density at radius 1 is 0.904 bits per heavy atom. The highest BCUT2D eigenvalue weighted by molar-refractivity contribution is 6.42. The summed E-state index contributed by atoms with van der Waals surface area (Å²) in [6, 6.07) is 22.0. The monoisotopic (exact) mass is 742 g/mol. The van der Waals surface area contributed by atoms with Gasteiger partial charge in [-0.25, -0.2) is 4.98 Å². The molecule has 2 fully saturated rings. The summed E-state index contributed by atoms with van der Waals surface area (Å²) in [4.78, 5) is 27.6. The predicted octanol–water partition coefficient (Wildman–Crippen LogP) is 7.56. The van der Waals surface area contributed by atoms with Crippen LogP contribution < -0.4 is 19.5 Å². The molecule has 52 heavy (non-hydrogen) atoms. The van der Waals surface area contributed by atoms with Crippen molar-refractivity contribution in [1.82, 2.24) is 24.3 Å². The second kappa shape index (κ2) is 15.6. The Morgan fingerprint density at radius 3 is 2.33 bits per heavy atom. The van der Waals surface area contributed by atoms with Crippen molar-refractivity contribution in [3.05, 3.63) is 106 Å². The van der Waals surface area contributed by atoms with Gasteiger partial charge in [0.2, 0.25) is 11.7 Å². The standard InChI is InChI=1S/C40H44Cl2N6O4/c1-50-35-22-28(23-36(51-2)37(35)52-3)38(49)47-21-15-40(26-47,29-8-9-31(41)32(42)24-29)14-20-46-18-12-30(13-19-46)44-39-45-33-6-4-5-7-34(33)48(39)25-27-10-16-43-17-11-27/h4-11,16-17,22-24,30H,12-15,18-21,25-26H2,1-3H3,(H,44,45). The number of methoxy groups -OCH3 is 3. The number of likely N-dealkylation sites (tertiary alicyclic amines) is 2. The first-order chi connectivity index (χ1) is 25.3. The minimum atomic E-state index is -0.280. The molecule has 2 aromatic heterocycles. The molecule has 1 amide bonds. The van der Waals surface area contributed by atoms with Gasteiger partial charge in [-0.3, -0.25) is 9.78 Å². The zero-order chi connectivity index (χ0) is 36.2. The molecular formula is C40H44Cl2N6O4. The van der Waals surface area contributed by atoms with E-state index >= 15 is 0 Å². The number of hydrogen-bond acceptors (Lipinski definition) is 8. The summed E-state index contributed by atoms with van der Waals surface area (Å²) in [5.74, 6) is 2.17. The van der Waals surface area contributed by atoms with Crippen LogP contribution in [0.25, 0.3) is 11.0 Å². The van der Waals surface area contributed by atoms with Crippen molar-refractivity contribution in [2.75, 3.05) is 59.4 Å². The van der Waals surface area contributed by atoms with Crippen LogP contribution in [0.1, 0.15) is 47.2 Å². The largest absolute Gasteiger partial charge is 0.493 e. The van der Waals surface area contributed by atoms with Crippen LogP contribution >= 0.6 is 23.2 Å². The Labute approximate surface area is 314 Å².